The van der Waals surface area contributed by atoms with Gasteiger partial charge in [-0.3, -0.25) is 4.90 Å². The Labute approximate surface area is 334 Å². The SMILES string of the molecule is CC(C)NCCOCCOCCOCCn1cc(CN2CCS(=O)(=O)CC2)nn1.Cc1ccc(-c2cn(CCOCCOCCOCCNC(C)C)nn2)cc1. The standard InChI is InChI=1S/C20H32N4O3.C18H35N5O5S/c1-17(2)21-8-10-25-12-14-27-15-13-26-11-9-24-16-20(22-23-24)19-6-4-18(3)5-7-19;1-17(2)19-3-7-26-9-11-28-12-10-27-8-4-23-16-18(20-21-23)15-22-5-13-29(24,25)14-6-22/h4-7,16-17,21H,8-15H2,1-3H3;16-17,19H,3-15H2,1-2H3. The molecule has 2 N–H and O–H groups in total. The molecule has 0 bridgehead atoms. The molecule has 3 heterocycles. The Balaban J connectivity index is 0.000000301. The van der Waals surface area contributed by atoms with Crippen LogP contribution in [0.3, 0.4) is 0 Å². The minimum absolute atomic E-state index is 0.221. The maximum atomic E-state index is 11.5. The predicted octanol–water partition coefficient (Wildman–Crippen LogP) is 1.86. The van der Waals surface area contributed by atoms with Crippen molar-refractivity contribution in [3.05, 3.63) is 47.9 Å². The molecular weight excluding hydrogens is 743 g/mol. The molecule has 18 heteroatoms. The number of benzene rings is 1. The lowest BCUT2D eigenvalue weighted by atomic mass is 10.1. The van der Waals surface area contributed by atoms with E-state index in [1.165, 1.54) is 5.56 Å². The van der Waals surface area contributed by atoms with Crippen LogP contribution in [0, 0.1) is 6.92 Å². The number of aromatic nitrogens is 6. The maximum absolute atomic E-state index is 11.5. The van der Waals surface area contributed by atoms with E-state index < -0.39 is 9.84 Å². The lowest BCUT2D eigenvalue weighted by Gasteiger charge is -2.25. The summed E-state index contributed by atoms with van der Waals surface area (Å²) in [5.74, 6) is 0.441. The molecule has 1 saturated heterocycles. The molecule has 0 aliphatic carbocycles. The molecule has 1 aliphatic rings. The highest BCUT2D eigenvalue weighted by molar-refractivity contribution is 7.91. The van der Waals surface area contributed by atoms with Crippen LogP contribution in [0.1, 0.15) is 39.0 Å². The van der Waals surface area contributed by atoms with Crippen molar-refractivity contribution in [2.24, 2.45) is 0 Å². The second kappa shape index (κ2) is 28.5. The first-order valence-electron chi connectivity index (χ1n) is 19.8. The summed E-state index contributed by atoms with van der Waals surface area (Å²) >= 11 is 0. The molecule has 0 saturated carbocycles. The number of hydrogen-bond donors (Lipinski definition) is 2. The quantitative estimate of drug-likeness (QED) is 0.0971. The van der Waals surface area contributed by atoms with Gasteiger partial charge in [-0.1, -0.05) is 68.0 Å². The minimum atomic E-state index is -2.85. The third-order valence-corrected chi connectivity index (χ3v) is 9.92. The first-order chi connectivity index (χ1) is 27.1. The second-order valence-corrected chi connectivity index (χ2v) is 16.3. The number of rotatable bonds is 29. The normalized spacial score (nSPS) is 14.4. The van der Waals surface area contributed by atoms with Gasteiger partial charge in [-0.15, -0.1) is 10.2 Å². The second-order valence-electron chi connectivity index (χ2n) is 14.0. The van der Waals surface area contributed by atoms with Crippen molar-refractivity contribution in [2.75, 3.05) is 117 Å². The van der Waals surface area contributed by atoms with Gasteiger partial charge in [-0.2, -0.15) is 0 Å². The summed E-state index contributed by atoms with van der Waals surface area (Å²) in [6.45, 7) is 22.3. The summed E-state index contributed by atoms with van der Waals surface area (Å²) < 4.78 is 59.5. The van der Waals surface area contributed by atoms with Crippen LogP contribution in [0.15, 0.2) is 36.7 Å². The number of hydrogen-bond acceptors (Lipinski definition) is 15. The summed E-state index contributed by atoms with van der Waals surface area (Å²) in [5, 5.41) is 23.2. The number of nitrogens with one attached hydrogen (secondary N) is 2. The van der Waals surface area contributed by atoms with E-state index in [2.05, 4.69) is 95.0 Å². The van der Waals surface area contributed by atoms with Crippen LogP contribution in [-0.2, 0) is 57.9 Å². The first kappa shape index (κ1) is 47.5. The molecule has 3 aromatic rings. The highest BCUT2D eigenvalue weighted by Gasteiger charge is 2.22. The largest absolute Gasteiger partial charge is 0.378 e. The number of sulfone groups is 1. The van der Waals surface area contributed by atoms with E-state index in [1.54, 1.807) is 9.36 Å². The molecule has 0 spiro atoms. The fourth-order valence-corrected chi connectivity index (χ4v) is 6.44. The summed E-state index contributed by atoms with van der Waals surface area (Å²) in [4.78, 5) is 2.09. The minimum Gasteiger partial charge on any atom is -0.378 e. The van der Waals surface area contributed by atoms with Crippen molar-refractivity contribution >= 4 is 9.84 Å². The Morgan fingerprint density at radius 1 is 0.625 bits per heavy atom. The molecule has 0 radical (unpaired) electrons. The van der Waals surface area contributed by atoms with Gasteiger partial charge in [-0.05, 0) is 6.92 Å². The van der Waals surface area contributed by atoms with E-state index in [-0.39, 0.29) is 11.5 Å². The molecule has 0 atom stereocenters. The Hall–Kier alpha value is -2.91. The Morgan fingerprint density at radius 2 is 1.07 bits per heavy atom. The highest BCUT2D eigenvalue weighted by Crippen LogP contribution is 2.16. The van der Waals surface area contributed by atoms with E-state index >= 15 is 0 Å². The highest BCUT2D eigenvalue weighted by atomic mass is 32.2. The van der Waals surface area contributed by atoms with Crippen molar-refractivity contribution in [1.29, 1.82) is 0 Å². The molecule has 318 valence electrons. The van der Waals surface area contributed by atoms with Crippen molar-refractivity contribution < 1.29 is 36.8 Å². The van der Waals surface area contributed by atoms with Crippen LogP contribution in [-0.4, -0.2) is 172 Å². The van der Waals surface area contributed by atoms with Gasteiger partial charge in [0.25, 0.3) is 0 Å². The molecule has 0 unspecified atom stereocenters. The van der Waals surface area contributed by atoms with Crippen molar-refractivity contribution in [3.8, 4) is 11.3 Å². The van der Waals surface area contributed by atoms with Gasteiger partial charge in [0.05, 0.1) is 116 Å². The fraction of sp³-hybridized carbons (Fsp3) is 0.737. The van der Waals surface area contributed by atoms with Crippen LogP contribution in [0.2, 0.25) is 0 Å². The zero-order valence-corrected chi connectivity index (χ0v) is 35.1. The molecule has 17 nitrogen and oxygen atoms in total. The van der Waals surface area contributed by atoms with Gasteiger partial charge in [0.2, 0.25) is 0 Å². The number of aryl methyl sites for hydroxylation is 1. The Morgan fingerprint density at radius 3 is 1.57 bits per heavy atom. The summed E-state index contributed by atoms with van der Waals surface area (Å²) in [5.41, 5.74) is 4.03. The Bertz CT molecular complexity index is 1510. The number of nitrogens with zero attached hydrogens (tertiary/aromatic N) is 7. The predicted molar refractivity (Wildman–Crippen MR) is 215 cm³/mol. The molecule has 2 aromatic heterocycles. The van der Waals surface area contributed by atoms with Crippen LogP contribution in [0.4, 0.5) is 0 Å². The van der Waals surface area contributed by atoms with Crippen LogP contribution >= 0.6 is 0 Å². The fourth-order valence-electron chi connectivity index (χ4n) is 5.16. The maximum Gasteiger partial charge on any atom is 0.152 e. The summed E-state index contributed by atoms with van der Waals surface area (Å²) in [6, 6.07) is 9.24. The third kappa shape index (κ3) is 22.7. The average Bonchev–Trinajstić information content (AvgIpc) is 3.83. The van der Waals surface area contributed by atoms with Crippen molar-refractivity contribution in [3.63, 3.8) is 0 Å². The third-order valence-electron chi connectivity index (χ3n) is 8.31. The molecule has 1 aliphatic heterocycles. The van der Waals surface area contributed by atoms with E-state index in [0.29, 0.717) is 124 Å². The van der Waals surface area contributed by atoms with Crippen LogP contribution < -0.4 is 10.6 Å². The van der Waals surface area contributed by atoms with E-state index in [9.17, 15) is 8.42 Å². The topological polar surface area (TPSA) is 178 Å². The lowest BCUT2D eigenvalue weighted by molar-refractivity contribution is 0.0131. The van der Waals surface area contributed by atoms with E-state index in [4.69, 9.17) is 28.4 Å². The van der Waals surface area contributed by atoms with Gasteiger partial charge in [0.15, 0.2) is 9.84 Å². The van der Waals surface area contributed by atoms with Gasteiger partial charge in [-0.25, -0.2) is 17.8 Å². The average molecular weight is 810 g/mol. The monoisotopic (exact) mass is 809 g/mol. The molecular formula is C38H67N9O8S. The van der Waals surface area contributed by atoms with Gasteiger partial charge >= 0.3 is 0 Å². The summed E-state index contributed by atoms with van der Waals surface area (Å²) in [7, 11) is -2.85. The smallest absolute Gasteiger partial charge is 0.152 e. The van der Waals surface area contributed by atoms with Crippen LogP contribution in [0.25, 0.3) is 11.3 Å². The molecule has 56 heavy (non-hydrogen) atoms. The molecule has 1 fully saturated rings. The van der Waals surface area contributed by atoms with E-state index in [0.717, 1.165) is 30.0 Å². The summed E-state index contributed by atoms with van der Waals surface area (Å²) in [6.07, 6.45) is 3.82. The first-order valence-corrected chi connectivity index (χ1v) is 21.6. The van der Waals surface area contributed by atoms with Gasteiger partial charge < -0.3 is 39.1 Å². The zero-order chi connectivity index (χ0) is 40.3. The molecule has 0 amide bonds. The van der Waals surface area contributed by atoms with Crippen molar-refractivity contribution in [1.82, 2.24) is 45.5 Å². The van der Waals surface area contributed by atoms with Gasteiger partial charge in [0, 0.05) is 56.6 Å². The Kier molecular flexibility index (Phi) is 24.1. The van der Waals surface area contributed by atoms with Crippen molar-refractivity contribution in [2.45, 2.75) is 66.3 Å². The zero-order valence-electron chi connectivity index (χ0n) is 34.3. The molecule has 4 rings (SSSR count). The lowest BCUT2D eigenvalue weighted by Crippen LogP contribution is -2.39. The van der Waals surface area contributed by atoms with Crippen LogP contribution in [0.5, 0.6) is 0 Å². The van der Waals surface area contributed by atoms with E-state index in [1.807, 2.05) is 12.4 Å². The number of ether oxygens (including phenoxy) is 6. The van der Waals surface area contributed by atoms with Gasteiger partial charge in [0.1, 0.15) is 5.69 Å². The molecule has 1 aromatic carbocycles.